The highest BCUT2D eigenvalue weighted by molar-refractivity contribution is 5.93. The molecule has 0 fully saturated rings. The van der Waals surface area contributed by atoms with Gasteiger partial charge in [0.25, 0.3) is 5.91 Å². The van der Waals surface area contributed by atoms with E-state index in [1.54, 1.807) is 12.1 Å². The lowest BCUT2D eigenvalue weighted by Gasteiger charge is -2.13. The largest absolute Gasteiger partial charge is 0.484 e. The summed E-state index contributed by atoms with van der Waals surface area (Å²) in [5.74, 6) is 0.326. The third-order valence-electron chi connectivity index (χ3n) is 5.32. The van der Waals surface area contributed by atoms with E-state index in [4.69, 9.17) is 9.15 Å². The summed E-state index contributed by atoms with van der Waals surface area (Å²) < 4.78 is 11.0. The monoisotopic (exact) mass is 403 g/mol. The molecule has 0 bridgehead atoms. The molecule has 0 aliphatic heterocycles. The Kier molecular flexibility index (Phi) is 6.28. The number of benzene rings is 2. The van der Waals surface area contributed by atoms with Crippen molar-refractivity contribution in [1.29, 1.82) is 0 Å². The highest BCUT2D eigenvalue weighted by atomic mass is 16.5. The van der Waals surface area contributed by atoms with Crippen LogP contribution in [-0.4, -0.2) is 19.1 Å². The Bertz CT molecular complexity index is 1110. The number of hydrogen-bond acceptors (Lipinski definition) is 4. The number of rotatable bonds is 7. The van der Waals surface area contributed by atoms with Gasteiger partial charge >= 0.3 is 5.63 Å². The van der Waals surface area contributed by atoms with Gasteiger partial charge in [-0.25, -0.2) is 4.79 Å². The maximum Gasteiger partial charge on any atom is 0.336 e. The van der Waals surface area contributed by atoms with Crippen LogP contribution < -0.4 is 15.7 Å². The number of allylic oxidation sites excluding steroid dienone is 1. The van der Waals surface area contributed by atoms with Gasteiger partial charge in [0.1, 0.15) is 11.3 Å². The summed E-state index contributed by atoms with van der Waals surface area (Å²) in [7, 11) is 0. The number of fused-ring (bicyclic) bond motifs is 1. The van der Waals surface area contributed by atoms with Crippen LogP contribution in [0.1, 0.15) is 32.1 Å². The molecule has 0 spiro atoms. The number of amides is 1. The second-order valence-electron chi connectivity index (χ2n) is 7.50. The third kappa shape index (κ3) is 4.98. The van der Waals surface area contributed by atoms with Gasteiger partial charge in [0.05, 0.1) is 0 Å². The number of hydrogen-bond donors (Lipinski definition) is 1. The van der Waals surface area contributed by atoms with E-state index in [1.807, 2.05) is 36.4 Å². The highest BCUT2D eigenvalue weighted by Crippen LogP contribution is 2.29. The van der Waals surface area contributed by atoms with E-state index in [0.29, 0.717) is 17.9 Å². The highest BCUT2D eigenvalue weighted by Gasteiger charge is 2.10. The van der Waals surface area contributed by atoms with E-state index in [9.17, 15) is 9.59 Å². The minimum atomic E-state index is -0.423. The van der Waals surface area contributed by atoms with Crippen molar-refractivity contribution in [3.05, 3.63) is 76.7 Å². The third-order valence-corrected chi connectivity index (χ3v) is 5.32. The Morgan fingerprint density at radius 3 is 2.73 bits per heavy atom. The zero-order valence-corrected chi connectivity index (χ0v) is 16.9. The quantitative estimate of drug-likeness (QED) is 0.452. The van der Waals surface area contributed by atoms with E-state index in [2.05, 4.69) is 11.4 Å². The molecule has 4 rings (SSSR count). The molecule has 0 saturated carbocycles. The molecule has 0 atom stereocenters. The van der Waals surface area contributed by atoms with Gasteiger partial charge in [-0.3, -0.25) is 4.79 Å². The van der Waals surface area contributed by atoms with Crippen LogP contribution in [0.25, 0.3) is 22.1 Å². The van der Waals surface area contributed by atoms with Crippen molar-refractivity contribution in [3.63, 3.8) is 0 Å². The lowest BCUT2D eigenvalue weighted by molar-refractivity contribution is -0.123. The molecular weight excluding hydrogens is 378 g/mol. The Morgan fingerprint density at radius 2 is 1.93 bits per heavy atom. The van der Waals surface area contributed by atoms with Gasteiger partial charge < -0.3 is 14.5 Å². The van der Waals surface area contributed by atoms with Crippen LogP contribution in [0, 0.1) is 0 Å². The topological polar surface area (TPSA) is 68.5 Å². The Morgan fingerprint density at radius 1 is 1.07 bits per heavy atom. The van der Waals surface area contributed by atoms with Crippen molar-refractivity contribution in [2.24, 2.45) is 0 Å². The molecule has 1 heterocycles. The summed E-state index contributed by atoms with van der Waals surface area (Å²) in [5.41, 5.74) is 3.19. The van der Waals surface area contributed by atoms with E-state index in [-0.39, 0.29) is 12.5 Å². The van der Waals surface area contributed by atoms with Gasteiger partial charge in [0.15, 0.2) is 6.61 Å². The summed E-state index contributed by atoms with van der Waals surface area (Å²) in [5, 5.41) is 3.72. The standard InChI is InChI=1S/C25H25NO4/c27-24(26-14-13-18-7-3-1-4-8-18)17-29-20-11-12-21-22(19-9-5-2-6-10-19)16-25(28)30-23(21)15-20/h2,5-7,9-12,15-16H,1,3-4,8,13-14,17H2,(H,26,27). The predicted octanol–water partition coefficient (Wildman–Crippen LogP) is 4.85. The first-order valence-corrected chi connectivity index (χ1v) is 10.4. The molecule has 5 nitrogen and oxygen atoms in total. The molecule has 154 valence electrons. The number of nitrogens with one attached hydrogen (secondary N) is 1. The summed E-state index contributed by atoms with van der Waals surface area (Å²) in [4.78, 5) is 24.1. The van der Waals surface area contributed by atoms with Gasteiger partial charge in [-0.15, -0.1) is 0 Å². The van der Waals surface area contributed by atoms with E-state index >= 15 is 0 Å². The molecule has 0 radical (unpaired) electrons. The van der Waals surface area contributed by atoms with Crippen LogP contribution in [0.4, 0.5) is 0 Å². The van der Waals surface area contributed by atoms with Crippen molar-refractivity contribution in [3.8, 4) is 16.9 Å². The van der Waals surface area contributed by atoms with E-state index in [1.165, 1.54) is 24.5 Å². The molecule has 1 aliphatic rings. The van der Waals surface area contributed by atoms with Gasteiger partial charge in [-0.1, -0.05) is 42.0 Å². The van der Waals surface area contributed by atoms with Gasteiger partial charge in [0.2, 0.25) is 0 Å². The molecule has 0 unspecified atom stereocenters. The summed E-state index contributed by atoms with van der Waals surface area (Å²) in [6.45, 7) is 0.550. The Balaban J connectivity index is 1.39. The van der Waals surface area contributed by atoms with Crippen LogP contribution in [0.5, 0.6) is 5.75 Å². The second-order valence-corrected chi connectivity index (χ2v) is 7.50. The lowest BCUT2D eigenvalue weighted by atomic mass is 9.97. The second kappa shape index (κ2) is 9.44. The number of ether oxygens (including phenoxy) is 1. The fourth-order valence-corrected chi connectivity index (χ4v) is 3.78. The Hall–Kier alpha value is -3.34. The molecule has 2 aromatic carbocycles. The zero-order chi connectivity index (χ0) is 20.8. The van der Waals surface area contributed by atoms with Crippen molar-refractivity contribution in [1.82, 2.24) is 5.32 Å². The summed E-state index contributed by atoms with van der Waals surface area (Å²) in [6.07, 6.45) is 7.99. The van der Waals surface area contributed by atoms with E-state index < -0.39 is 5.63 Å². The van der Waals surface area contributed by atoms with Gasteiger partial charge in [0, 0.05) is 24.1 Å². The number of carbonyl (C=O) groups excluding carboxylic acids is 1. The molecule has 5 heteroatoms. The first-order chi connectivity index (χ1) is 14.7. The smallest absolute Gasteiger partial charge is 0.336 e. The fourth-order valence-electron chi connectivity index (χ4n) is 3.78. The van der Waals surface area contributed by atoms with Crippen LogP contribution in [0.3, 0.4) is 0 Å². The van der Waals surface area contributed by atoms with Crippen LogP contribution in [0.2, 0.25) is 0 Å². The average molecular weight is 403 g/mol. The molecule has 1 aromatic heterocycles. The SMILES string of the molecule is O=C(COc1ccc2c(-c3ccccc3)cc(=O)oc2c1)NCCC1=CCCCC1. The van der Waals surface area contributed by atoms with Crippen LogP contribution in [0.15, 0.2) is 75.5 Å². The van der Waals surface area contributed by atoms with Crippen LogP contribution in [-0.2, 0) is 4.79 Å². The van der Waals surface area contributed by atoms with Crippen molar-refractivity contribution in [2.45, 2.75) is 32.1 Å². The van der Waals surface area contributed by atoms with Crippen molar-refractivity contribution in [2.75, 3.05) is 13.2 Å². The van der Waals surface area contributed by atoms with Crippen LogP contribution >= 0.6 is 0 Å². The first-order valence-electron chi connectivity index (χ1n) is 10.4. The van der Waals surface area contributed by atoms with Crippen molar-refractivity contribution >= 4 is 16.9 Å². The zero-order valence-electron chi connectivity index (χ0n) is 16.9. The first kappa shape index (κ1) is 20.0. The normalized spacial score (nSPS) is 13.7. The molecule has 1 amide bonds. The predicted molar refractivity (Wildman–Crippen MR) is 118 cm³/mol. The Labute approximate surface area is 175 Å². The molecule has 30 heavy (non-hydrogen) atoms. The summed E-state index contributed by atoms with van der Waals surface area (Å²) >= 11 is 0. The number of carbonyl (C=O) groups is 1. The maximum absolute atomic E-state index is 12.1. The van der Waals surface area contributed by atoms with Gasteiger partial charge in [-0.05, 0) is 55.4 Å². The fraction of sp³-hybridized carbons (Fsp3) is 0.280. The molecular formula is C25H25NO4. The summed E-state index contributed by atoms with van der Waals surface area (Å²) in [6, 6.07) is 16.5. The van der Waals surface area contributed by atoms with Crippen molar-refractivity contribution < 1.29 is 13.9 Å². The lowest BCUT2D eigenvalue weighted by Crippen LogP contribution is -2.30. The molecule has 1 N–H and O–H groups in total. The minimum Gasteiger partial charge on any atom is -0.484 e. The van der Waals surface area contributed by atoms with Gasteiger partial charge in [-0.2, -0.15) is 0 Å². The average Bonchev–Trinajstić information content (AvgIpc) is 2.78. The van der Waals surface area contributed by atoms with E-state index in [0.717, 1.165) is 35.8 Å². The maximum atomic E-state index is 12.1. The minimum absolute atomic E-state index is 0.0762. The molecule has 0 saturated heterocycles. The molecule has 1 aliphatic carbocycles. The molecule has 3 aromatic rings.